The summed E-state index contributed by atoms with van der Waals surface area (Å²) in [7, 11) is 3.14. The third kappa shape index (κ3) is 6.81. The summed E-state index contributed by atoms with van der Waals surface area (Å²) in [4.78, 5) is 32.5. The molecule has 1 saturated heterocycles. The highest BCUT2D eigenvalue weighted by molar-refractivity contribution is 8.15. The van der Waals surface area contributed by atoms with E-state index in [1.807, 2.05) is 18.2 Å². The van der Waals surface area contributed by atoms with E-state index in [0.29, 0.717) is 46.0 Å². The second-order valence-electron chi connectivity index (χ2n) is 8.16. The molecule has 1 heterocycles. The number of thioether (sulfide) groups is 1. The summed E-state index contributed by atoms with van der Waals surface area (Å²) in [5.74, 6) is 0.255. The summed E-state index contributed by atoms with van der Waals surface area (Å²) in [6.07, 6.45) is 0.544. The van der Waals surface area contributed by atoms with Crippen molar-refractivity contribution < 1.29 is 23.5 Å². The first-order chi connectivity index (χ1) is 17.9. The van der Waals surface area contributed by atoms with Gasteiger partial charge in [0.05, 0.1) is 19.9 Å². The highest BCUT2D eigenvalue weighted by Gasteiger charge is 2.35. The standard InChI is InChI=1S/C27H25ClFN3O4S/c1-35-22-12-3-17(15-23(22)36-2)13-14-32-25(33)16-24(26(34)30-20-10-6-19(29)7-11-20)37-27(32)31-21-8-4-18(28)5-9-21/h3-12,15,24H,13-14,16H2,1-2H3,(H,30,34)/t24-/m0/s1. The Kier molecular flexibility index (Phi) is 8.68. The molecule has 0 aromatic heterocycles. The van der Waals surface area contributed by atoms with Crippen molar-refractivity contribution in [2.24, 2.45) is 4.99 Å². The van der Waals surface area contributed by atoms with Crippen molar-refractivity contribution in [1.29, 1.82) is 0 Å². The molecule has 1 atom stereocenters. The highest BCUT2D eigenvalue weighted by Crippen LogP contribution is 2.32. The van der Waals surface area contributed by atoms with E-state index >= 15 is 0 Å². The molecule has 7 nitrogen and oxygen atoms in total. The molecule has 1 fully saturated rings. The molecule has 4 rings (SSSR count). The number of nitrogens with zero attached hydrogens (tertiary/aromatic N) is 2. The fourth-order valence-electron chi connectivity index (χ4n) is 3.72. The summed E-state index contributed by atoms with van der Waals surface area (Å²) in [5, 5.41) is 3.04. The topological polar surface area (TPSA) is 80.2 Å². The minimum absolute atomic E-state index is 0.00324. The second kappa shape index (κ2) is 12.1. The molecule has 1 N–H and O–H groups in total. The Labute approximate surface area is 223 Å². The van der Waals surface area contributed by atoms with Crippen LogP contribution in [0.25, 0.3) is 0 Å². The van der Waals surface area contributed by atoms with Gasteiger partial charge in [-0.2, -0.15) is 0 Å². The van der Waals surface area contributed by atoms with Gasteiger partial charge in [0.25, 0.3) is 0 Å². The first-order valence-corrected chi connectivity index (χ1v) is 12.7. The third-order valence-corrected chi connectivity index (χ3v) is 7.11. The van der Waals surface area contributed by atoms with Gasteiger partial charge in [0.2, 0.25) is 11.8 Å². The molecular weight excluding hydrogens is 517 g/mol. The van der Waals surface area contributed by atoms with Crippen LogP contribution in [0.3, 0.4) is 0 Å². The van der Waals surface area contributed by atoms with Crippen LogP contribution >= 0.6 is 23.4 Å². The van der Waals surface area contributed by atoms with Crippen molar-refractivity contribution in [3.05, 3.63) is 83.1 Å². The number of hydrogen-bond acceptors (Lipinski definition) is 6. The predicted octanol–water partition coefficient (Wildman–Crippen LogP) is 5.70. The zero-order valence-electron chi connectivity index (χ0n) is 20.2. The summed E-state index contributed by atoms with van der Waals surface area (Å²) in [6.45, 7) is 0.361. The Balaban J connectivity index is 1.55. The first kappa shape index (κ1) is 26.5. The normalized spacial score (nSPS) is 16.5. The number of carbonyl (C=O) groups excluding carboxylic acids is 2. The Morgan fingerprint density at radius 1 is 1.08 bits per heavy atom. The van der Waals surface area contributed by atoms with E-state index in [1.165, 1.54) is 36.0 Å². The number of aliphatic imine (C=N–C) groups is 1. The van der Waals surface area contributed by atoms with Crippen molar-refractivity contribution in [3.63, 3.8) is 0 Å². The molecule has 0 radical (unpaired) electrons. The molecule has 3 aromatic rings. The number of benzene rings is 3. The van der Waals surface area contributed by atoms with Gasteiger partial charge < -0.3 is 14.8 Å². The minimum Gasteiger partial charge on any atom is -0.493 e. The van der Waals surface area contributed by atoms with Crippen LogP contribution in [0.4, 0.5) is 15.8 Å². The summed E-state index contributed by atoms with van der Waals surface area (Å²) in [5.41, 5.74) is 2.01. The third-order valence-electron chi connectivity index (χ3n) is 5.67. The lowest BCUT2D eigenvalue weighted by Gasteiger charge is -2.32. The minimum atomic E-state index is -0.694. The average molecular weight is 542 g/mol. The van der Waals surface area contributed by atoms with Gasteiger partial charge in [-0.1, -0.05) is 29.4 Å². The summed E-state index contributed by atoms with van der Waals surface area (Å²) < 4.78 is 23.9. The Morgan fingerprint density at radius 2 is 1.78 bits per heavy atom. The maximum absolute atomic E-state index is 13.2. The molecule has 37 heavy (non-hydrogen) atoms. The molecule has 2 amide bonds. The van der Waals surface area contributed by atoms with E-state index < -0.39 is 11.1 Å². The number of ether oxygens (including phenoxy) is 2. The second-order valence-corrected chi connectivity index (χ2v) is 9.77. The number of amidine groups is 1. The molecule has 1 aliphatic heterocycles. The van der Waals surface area contributed by atoms with Crippen molar-refractivity contribution >= 4 is 51.7 Å². The van der Waals surface area contributed by atoms with E-state index in [1.54, 1.807) is 43.4 Å². The van der Waals surface area contributed by atoms with E-state index in [4.69, 9.17) is 21.1 Å². The zero-order chi connectivity index (χ0) is 26.4. The van der Waals surface area contributed by atoms with Crippen molar-refractivity contribution in [2.45, 2.75) is 18.1 Å². The Hall–Kier alpha value is -3.56. The fraction of sp³-hybridized carbons (Fsp3) is 0.222. The molecule has 0 saturated carbocycles. The van der Waals surface area contributed by atoms with Crippen molar-refractivity contribution in [1.82, 2.24) is 4.90 Å². The van der Waals surface area contributed by atoms with Crippen LogP contribution in [0.1, 0.15) is 12.0 Å². The van der Waals surface area contributed by atoms with Crippen LogP contribution in [0.5, 0.6) is 11.5 Å². The lowest BCUT2D eigenvalue weighted by Crippen LogP contribution is -2.46. The van der Waals surface area contributed by atoms with E-state index in [9.17, 15) is 14.0 Å². The monoisotopic (exact) mass is 541 g/mol. The molecule has 0 spiro atoms. The number of hydrogen-bond donors (Lipinski definition) is 1. The Bertz CT molecular complexity index is 1300. The number of rotatable bonds is 8. The maximum Gasteiger partial charge on any atom is 0.238 e. The van der Waals surface area contributed by atoms with Gasteiger partial charge in [-0.15, -0.1) is 0 Å². The van der Waals surface area contributed by atoms with Crippen LogP contribution in [-0.2, 0) is 16.0 Å². The van der Waals surface area contributed by atoms with Gasteiger partial charge in [0.15, 0.2) is 16.7 Å². The maximum atomic E-state index is 13.2. The van der Waals surface area contributed by atoms with Gasteiger partial charge in [0, 0.05) is 23.7 Å². The van der Waals surface area contributed by atoms with Crippen molar-refractivity contribution in [2.75, 3.05) is 26.1 Å². The van der Waals surface area contributed by atoms with Gasteiger partial charge in [-0.25, -0.2) is 9.38 Å². The largest absolute Gasteiger partial charge is 0.493 e. The Morgan fingerprint density at radius 3 is 2.46 bits per heavy atom. The lowest BCUT2D eigenvalue weighted by molar-refractivity contribution is -0.129. The number of anilines is 1. The molecule has 3 aromatic carbocycles. The van der Waals surface area contributed by atoms with E-state index in [2.05, 4.69) is 10.3 Å². The van der Waals surface area contributed by atoms with Crippen LogP contribution in [0.15, 0.2) is 71.7 Å². The van der Waals surface area contributed by atoms with E-state index in [0.717, 1.165) is 5.56 Å². The van der Waals surface area contributed by atoms with Gasteiger partial charge in [-0.3, -0.25) is 14.5 Å². The number of halogens is 2. The van der Waals surface area contributed by atoms with Crippen molar-refractivity contribution in [3.8, 4) is 11.5 Å². The number of carbonyl (C=O) groups is 2. The molecule has 192 valence electrons. The summed E-state index contributed by atoms with van der Waals surface area (Å²) in [6, 6.07) is 18.0. The highest BCUT2D eigenvalue weighted by atomic mass is 35.5. The lowest BCUT2D eigenvalue weighted by atomic mass is 10.1. The fourth-order valence-corrected chi connectivity index (χ4v) is 4.97. The van der Waals surface area contributed by atoms with Crippen LogP contribution < -0.4 is 14.8 Å². The van der Waals surface area contributed by atoms with Gasteiger partial charge in [0.1, 0.15) is 11.1 Å². The average Bonchev–Trinajstić information content (AvgIpc) is 2.90. The molecule has 0 unspecified atom stereocenters. The van der Waals surface area contributed by atoms with Gasteiger partial charge in [-0.05, 0) is 72.6 Å². The van der Waals surface area contributed by atoms with Crippen LogP contribution in [0, 0.1) is 5.82 Å². The first-order valence-electron chi connectivity index (χ1n) is 11.4. The predicted molar refractivity (Wildman–Crippen MR) is 145 cm³/mol. The number of nitrogens with one attached hydrogen (secondary N) is 1. The van der Waals surface area contributed by atoms with Gasteiger partial charge >= 0.3 is 0 Å². The van der Waals surface area contributed by atoms with E-state index in [-0.39, 0.29) is 18.2 Å². The SMILES string of the molecule is COc1ccc(CCN2C(=O)C[C@@H](C(=O)Nc3ccc(F)cc3)SC2=Nc2ccc(Cl)cc2)cc1OC. The smallest absolute Gasteiger partial charge is 0.238 e. The quantitative estimate of drug-likeness (QED) is 0.396. The molecular formula is C27H25ClFN3O4S. The van der Waals surface area contributed by atoms with Crippen LogP contribution in [-0.4, -0.2) is 47.9 Å². The molecule has 10 heteroatoms. The molecule has 0 aliphatic carbocycles. The molecule has 1 aliphatic rings. The molecule has 0 bridgehead atoms. The number of methoxy groups -OCH3 is 2. The summed E-state index contributed by atoms with van der Waals surface area (Å²) >= 11 is 7.22. The van der Waals surface area contributed by atoms with Crippen LogP contribution in [0.2, 0.25) is 5.02 Å². The zero-order valence-corrected chi connectivity index (χ0v) is 21.8. The number of amides is 2.